The fraction of sp³-hybridized carbons (Fsp3) is 0.200. The van der Waals surface area contributed by atoms with E-state index >= 15 is 0 Å². The minimum atomic E-state index is -0.316. The molecule has 3 rings (SSSR count). The highest BCUT2D eigenvalue weighted by atomic mass is 35.5. The van der Waals surface area contributed by atoms with E-state index in [1.54, 1.807) is 31.4 Å². The summed E-state index contributed by atoms with van der Waals surface area (Å²) in [4.78, 5) is 16.0. The number of halogens is 1. The van der Waals surface area contributed by atoms with Crippen molar-refractivity contribution in [1.29, 1.82) is 0 Å². The van der Waals surface area contributed by atoms with Crippen LogP contribution in [0.1, 0.15) is 11.1 Å². The highest BCUT2D eigenvalue weighted by molar-refractivity contribution is 6.29. The minimum Gasteiger partial charge on any atom is -0.489 e. The predicted molar refractivity (Wildman–Crippen MR) is 84.9 cm³/mol. The van der Waals surface area contributed by atoms with Crippen molar-refractivity contribution in [3.05, 3.63) is 63.3 Å². The van der Waals surface area contributed by atoms with Crippen LogP contribution in [0.15, 0.2) is 41.3 Å². The molecule has 8 heteroatoms. The maximum atomic E-state index is 12.1. The number of ether oxygens (including phenoxy) is 1. The van der Waals surface area contributed by atoms with Crippen molar-refractivity contribution in [1.82, 2.24) is 24.8 Å². The van der Waals surface area contributed by atoms with Gasteiger partial charge in [-0.3, -0.25) is 0 Å². The van der Waals surface area contributed by atoms with Crippen LogP contribution in [-0.4, -0.2) is 24.8 Å². The van der Waals surface area contributed by atoms with Crippen LogP contribution < -0.4 is 10.4 Å². The average molecular weight is 332 g/mol. The van der Waals surface area contributed by atoms with E-state index in [1.807, 2.05) is 19.1 Å². The van der Waals surface area contributed by atoms with Crippen molar-refractivity contribution < 1.29 is 4.74 Å². The van der Waals surface area contributed by atoms with Crippen LogP contribution in [0.5, 0.6) is 5.75 Å². The zero-order chi connectivity index (χ0) is 16.4. The van der Waals surface area contributed by atoms with E-state index in [0.29, 0.717) is 16.6 Å². The van der Waals surface area contributed by atoms with Crippen LogP contribution >= 0.6 is 11.6 Å². The van der Waals surface area contributed by atoms with Gasteiger partial charge in [-0.1, -0.05) is 23.7 Å². The largest absolute Gasteiger partial charge is 0.489 e. The molecule has 0 radical (unpaired) electrons. The third kappa shape index (κ3) is 3.09. The third-order valence-corrected chi connectivity index (χ3v) is 3.62. The molecule has 2 heterocycles. The van der Waals surface area contributed by atoms with Gasteiger partial charge >= 0.3 is 5.69 Å². The highest BCUT2D eigenvalue weighted by Gasteiger charge is 2.13. The Morgan fingerprint density at radius 3 is 2.78 bits per heavy atom. The van der Waals surface area contributed by atoms with Gasteiger partial charge in [-0.2, -0.15) is 9.36 Å². The molecular formula is C15H14ClN5O2. The summed E-state index contributed by atoms with van der Waals surface area (Å²) < 4.78 is 8.20. The first-order valence-electron chi connectivity index (χ1n) is 6.88. The molecule has 0 N–H and O–H groups in total. The van der Waals surface area contributed by atoms with Crippen molar-refractivity contribution in [2.24, 2.45) is 7.05 Å². The quantitative estimate of drug-likeness (QED) is 0.683. The van der Waals surface area contributed by atoms with Crippen LogP contribution in [0.2, 0.25) is 5.15 Å². The summed E-state index contributed by atoms with van der Waals surface area (Å²) >= 11 is 5.85. The lowest BCUT2D eigenvalue weighted by Crippen LogP contribution is -2.23. The summed E-state index contributed by atoms with van der Waals surface area (Å²) in [5.74, 6) is 0.602. The number of rotatable bonds is 4. The molecule has 1 aromatic carbocycles. The summed E-state index contributed by atoms with van der Waals surface area (Å²) in [6, 6.07) is 8.97. The maximum absolute atomic E-state index is 12.1. The van der Waals surface area contributed by atoms with Crippen molar-refractivity contribution >= 4 is 11.6 Å². The Hall–Kier alpha value is -2.67. The molecule has 2 aromatic heterocycles. The number of pyridine rings is 1. The van der Waals surface area contributed by atoms with Crippen molar-refractivity contribution in [3.63, 3.8) is 0 Å². The third-order valence-electron chi connectivity index (χ3n) is 3.42. The van der Waals surface area contributed by atoms with Crippen LogP contribution in [0, 0.1) is 6.92 Å². The first kappa shape index (κ1) is 15.2. The zero-order valence-electron chi connectivity index (χ0n) is 12.6. The van der Waals surface area contributed by atoms with E-state index in [0.717, 1.165) is 11.1 Å². The van der Waals surface area contributed by atoms with E-state index < -0.39 is 0 Å². The number of benzene rings is 1. The Morgan fingerprint density at radius 1 is 1.26 bits per heavy atom. The molecule has 0 atom stereocenters. The lowest BCUT2D eigenvalue weighted by Gasteiger charge is -2.12. The monoisotopic (exact) mass is 331 g/mol. The van der Waals surface area contributed by atoms with Gasteiger partial charge in [0.15, 0.2) is 0 Å². The molecule has 0 aliphatic rings. The minimum absolute atomic E-state index is 0.269. The van der Waals surface area contributed by atoms with Gasteiger partial charge in [0.05, 0.1) is 5.69 Å². The van der Waals surface area contributed by atoms with E-state index in [4.69, 9.17) is 16.3 Å². The van der Waals surface area contributed by atoms with Crippen LogP contribution in [0.4, 0.5) is 0 Å². The number of hydrogen-bond acceptors (Lipinski definition) is 5. The molecule has 0 amide bonds. The molecular weight excluding hydrogens is 318 g/mol. The lowest BCUT2D eigenvalue weighted by atomic mass is 10.1. The maximum Gasteiger partial charge on any atom is 0.368 e. The number of nitrogens with zero attached hydrogens (tertiary/aromatic N) is 5. The molecule has 7 nitrogen and oxygen atoms in total. The Labute approximate surface area is 137 Å². The first-order valence-corrected chi connectivity index (χ1v) is 7.26. The number of hydrogen-bond donors (Lipinski definition) is 0. The Morgan fingerprint density at radius 2 is 2.09 bits per heavy atom. The van der Waals surface area contributed by atoms with Crippen molar-refractivity contribution in [2.75, 3.05) is 0 Å². The zero-order valence-corrected chi connectivity index (χ0v) is 13.4. The van der Waals surface area contributed by atoms with Crippen LogP contribution in [0.3, 0.4) is 0 Å². The molecule has 0 fully saturated rings. The van der Waals surface area contributed by atoms with Gasteiger partial charge in [-0.15, -0.1) is 0 Å². The number of aryl methyl sites for hydroxylation is 2. The highest BCUT2D eigenvalue weighted by Crippen LogP contribution is 2.21. The molecule has 0 saturated carbocycles. The SMILES string of the molecule is Cc1cccc(-n2nnn(C)c2=O)c1COc1ccnc(Cl)c1. The summed E-state index contributed by atoms with van der Waals surface area (Å²) in [5, 5.41) is 7.99. The van der Waals surface area contributed by atoms with Crippen molar-refractivity contribution in [2.45, 2.75) is 13.5 Å². The van der Waals surface area contributed by atoms with E-state index in [2.05, 4.69) is 15.4 Å². The second-order valence-electron chi connectivity index (χ2n) is 4.97. The molecule has 0 spiro atoms. The Balaban J connectivity index is 1.96. The number of aromatic nitrogens is 5. The van der Waals surface area contributed by atoms with Crippen molar-refractivity contribution in [3.8, 4) is 11.4 Å². The van der Waals surface area contributed by atoms with E-state index in [1.165, 1.54) is 9.36 Å². The Bertz CT molecular complexity index is 903. The summed E-state index contributed by atoms with van der Waals surface area (Å²) in [7, 11) is 1.55. The predicted octanol–water partition coefficient (Wildman–Crippen LogP) is 1.90. The molecule has 3 aromatic rings. The molecule has 118 valence electrons. The van der Waals surface area contributed by atoms with Gasteiger partial charge in [-0.05, 0) is 35.0 Å². The standard InChI is InChI=1S/C15H14ClN5O2/c1-10-4-3-5-13(21-15(22)20(2)18-19-21)12(10)9-23-11-6-7-17-14(16)8-11/h3-8H,9H2,1-2H3. The van der Waals surface area contributed by atoms with E-state index in [-0.39, 0.29) is 12.3 Å². The molecule has 0 saturated heterocycles. The normalized spacial score (nSPS) is 10.7. The van der Waals surface area contributed by atoms with Crippen LogP contribution in [-0.2, 0) is 13.7 Å². The summed E-state index contributed by atoms with van der Waals surface area (Å²) in [5.41, 5.74) is 2.16. The molecule has 0 aliphatic heterocycles. The molecule has 0 unspecified atom stereocenters. The average Bonchev–Trinajstić information content (AvgIpc) is 2.86. The Kier molecular flexibility index (Phi) is 4.12. The van der Waals surface area contributed by atoms with Gasteiger partial charge in [0, 0.05) is 24.9 Å². The summed E-state index contributed by atoms with van der Waals surface area (Å²) in [6.45, 7) is 2.22. The summed E-state index contributed by atoms with van der Waals surface area (Å²) in [6.07, 6.45) is 1.57. The smallest absolute Gasteiger partial charge is 0.368 e. The first-order chi connectivity index (χ1) is 11.1. The van der Waals surface area contributed by atoms with E-state index in [9.17, 15) is 4.79 Å². The fourth-order valence-corrected chi connectivity index (χ4v) is 2.33. The van der Waals surface area contributed by atoms with Gasteiger partial charge in [0.25, 0.3) is 0 Å². The van der Waals surface area contributed by atoms with Gasteiger partial charge in [0.2, 0.25) is 0 Å². The second-order valence-corrected chi connectivity index (χ2v) is 5.36. The van der Waals surface area contributed by atoms with Gasteiger partial charge in [-0.25, -0.2) is 9.78 Å². The number of tetrazole rings is 1. The second kappa shape index (κ2) is 6.21. The molecule has 0 bridgehead atoms. The molecule has 0 aliphatic carbocycles. The van der Waals surface area contributed by atoms with Crippen LogP contribution in [0.25, 0.3) is 5.69 Å². The lowest BCUT2D eigenvalue weighted by molar-refractivity contribution is 0.304. The van der Waals surface area contributed by atoms with Gasteiger partial charge < -0.3 is 4.74 Å². The molecule has 23 heavy (non-hydrogen) atoms. The fourth-order valence-electron chi connectivity index (χ4n) is 2.17. The topological polar surface area (TPSA) is 74.8 Å². The van der Waals surface area contributed by atoms with Gasteiger partial charge in [0.1, 0.15) is 17.5 Å².